The Hall–Kier alpha value is -0.570. The van der Waals surface area contributed by atoms with E-state index in [0.29, 0.717) is 18.0 Å². The molecule has 1 aliphatic heterocycles. The Morgan fingerprint density at radius 3 is 2.48 bits per heavy atom. The van der Waals surface area contributed by atoms with E-state index in [1.54, 1.807) is 0 Å². The van der Waals surface area contributed by atoms with E-state index in [1.165, 1.54) is 12.0 Å². The molecule has 2 nitrogen and oxygen atoms in total. The molecule has 3 heteroatoms. The Balaban J connectivity index is 2.08. The Morgan fingerprint density at radius 1 is 1.24 bits per heavy atom. The minimum Gasteiger partial charge on any atom is -0.311 e. The van der Waals surface area contributed by atoms with Crippen molar-refractivity contribution in [2.75, 3.05) is 13.1 Å². The molecule has 1 aromatic carbocycles. The van der Waals surface area contributed by atoms with Crippen LogP contribution < -0.4 is 5.32 Å². The van der Waals surface area contributed by atoms with Gasteiger partial charge in [-0.25, -0.2) is 0 Å². The molecule has 3 atom stereocenters. The molecule has 3 unspecified atom stereocenters. The first-order chi connectivity index (χ1) is 10.0. The predicted molar refractivity (Wildman–Crippen MR) is 91.7 cm³/mol. The molecule has 0 spiro atoms. The average Bonchev–Trinajstić information content (AvgIpc) is 2.48. The van der Waals surface area contributed by atoms with E-state index < -0.39 is 0 Å². The zero-order valence-corrected chi connectivity index (χ0v) is 14.5. The third-order valence-corrected chi connectivity index (χ3v) is 5.14. The summed E-state index contributed by atoms with van der Waals surface area (Å²) in [5.41, 5.74) is 1.36. The molecule has 0 amide bonds. The van der Waals surface area contributed by atoms with Gasteiger partial charge < -0.3 is 5.32 Å². The molecule has 1 aromatic rings. The van der Waals surface area contributed by atoms with Gasteiger partial charge in [0.05, 0.1) is 0 Å². The molecule has 118 valence electrons. The highest BCUT2D eigenvalue weighted by Crippen LogP contribution is 2.22. The van der Waals surface area contributed by atoms with E-state index in [9.17, 15) is 0 Å². The van der Waals surface area contributed by atoms with E-state index >= 15 is 0 Å². The molecule has 1 N–H and O–H groups in total. The molecule has 1 saturated heterocycles. The first-order valence-corrected chi connectivity index (χ1v) is 8.61. The number of hydrogen-bond donors (Lipinski definition) is 1. The summed E-state index contributed by atoms with van der Waals surface area (Å²) in [6.07, 6.45) is 1.23. The molecule has 0 aromatic heterocycles. The average molecular weight is 309 g/mol. The van der Waals surface area contributed by atoms with Crippen molar-refractivity contribution in [1.82, 2.24) is 10.2 Å². The highest BCUT2D eigenvalue weighted by Gasteiger charge is 2.31. The van der Waals surface area contributed by atoms with Crippen molar-refractivity contribution >= 4 is 11.6 Å². The fraction of sp³-hybridized carbons (Fsp3) is 0.667. The highest BCUT2D eigenvalue weighted by atomic mass is 35.5. The Labute approximate surface area is 134 Å². The van der Waals surface area contributed by atoms with Gasteiger partial charge in [-0.3, -0.25) is 4.90 Å². The van der Waals surface area contributed by atoms with Crippen LogP contribution in [-0.4, -0.2) is 30.1 Å². The lowest BCUT2D eigenvalue weighted by Gasteiger charge is -2.44. The molecule has 0 radical (unpaired) electrons. The summed E-state index contributed by atoms with van der Waals surface area (Å²) < 4.78 is 0. The van der Waals surface area contributed by atoms with E-state index in [2.05, 4.69) is 50.0 Å². The van der Waals surface area contributed by atoms with Gasteiger partial charge in [0.25, 0.3) is 0 Å². The van der Waals surface area contributed by atoms with Crippen LogP contribution in [0.2, 0.25) is 5.02 Å². The number of nitrogens with zero attached hydrogens (tertiary/aromatic N) is 1. The number of piperazine rings is 1. The van der Waals surface area contributed by atoms with Crippen molar-refractivity contribution in [1.29, 1.82) is 0 Å². The maximum Gasteiger partial charge on any atom is 0.0406 e. The quantitative estimate of drug-likeness (QED) is 0.877. The van der Waals surface area contributed by atoms with Crippen LogP contribution in [0.3, 0.4) is 0 Å². The first kappa shape index (κ1) is 16.8. The number of halogens is 1. The summed E-state index contributed by atoms with van der Waals surface area (Å²) in [5, 5.41) is 4.58. The lowest BCUT2D eigenvalue weighted by Crippen LogP contribution is -2.59. The molecule has 2 rings (SSSR count). The van der Waals surface area contributed by atoms with Crippen LogP contribution >= 0.6 is 11.6 Å². The summed E-state index contributed by atoms with van der Waals surface area (Å²) in [5.74, 6) is 1.40. The third kappa shape index (κ3) is 4.45. The van der Waals surface area contributed by atoms with Crippen LogP contribution in [-0.2, 0) is 6.54 Å². The molecule has 0 aliphatic carbocycles. The topological polar surface area (TPSA) is 15.3 Å². The van der Waals surface area contributed by atoms with Crippen molar-refractivity contribution in [2.24, 2.45) is 11.8 Å². The van der Waals surface area contributed by atoms with Crippen LogP contribution in [0.1, 0.15) is 39.7 Å². The zero-order valence-electron chi connectivity index (χ0n) is 13.8. The summed E-state index contributed by atoms with van der Waals surface area (Å²) >= 11 is 5.99. The standard InChI is InChI=1S/C18H29ClN2/c1-5-14(4)17-12-21(18(10-20-17)13(2)3)11-15-6-8-16(19)9-7-15/h6-9,13-14,17-18,20H,5,10-12H2,1-4H3. The normalized spacial score (nSPS) is 25.2. The molecule has 1 fully saturated rings. The van der Waals surface area contributed by atoms with Gasteiger partial charge in [-0.2, -0.15) is 0 Å². The molecular formula is C18H29ClN2. The van der Waals surface area contributed by atoms with E-state index in [0.717, 1.165) is 30.6 Å². The molecule has 0 saturated carbocycles. The molecular weight excluding hydrogens is 280 g/mol. The van der Waals surface area contributed by atoms with Gasteiger partial charge in [0.1, 0.15) is 0 Å². The van der Waals surface area contributed by atoms with Crippen molar-refractivity contribution in [2.45, 2.75) is 52.7 Å². The molecule has 1 aliphatic rings. The predicted octanol–water partition coefficient (Wildman–Crippen LogP) is 4.18. The minimum atomic E-state index is 0.609. The van der Waals surface area contributed by atoms with Crippen LogP contribution in [0.5, 0.6) is 0 Å². The molecule has 21 heavy (non-hydrogen) atoms. The Bertz CT molecular complexity index is 429. The van der Waals surface area contributed by atoms with Crippen molar-refractivity contribution in [3.8, 4) is 0 Å². The van der Waals surface area contributed by atoms with Gasteiger partial charge in [0.2, 0.25) is 0 Å². The van der Waals surface area contributed by atoms with Crippen LogP contribution in [0, 0.1) is 11.8 Å². The summed E-state index contributed by atoms with van der Waals surface area (Å²) in [6.45, 7) is 12.5. The number of benzene rings is 1. The van der Waals surface area contributed by atoms with Crippen molar-refractivity contribution in [3.63, 3.8) is 0 Å². The van der Waals surface area contributed by atoms with Crippen LogP contribution in [0.4, 0.5) is 0 Å². The van der Waals surface area contributed by atoms with Crippen molar-refractivity contribution in [3.05, 3.63) is 34.9 Å². The molecule has 0 bridgehead atoms. The van der Waals surface area contributed by atoms with Gasteiger partial charge in [0, 0.05) is 36.7 Å². The fourth-order valence-electron chi connectivity index (χ4n) is 3.18. The van der Waals surface area contributed by atoms with E-state index in [-0.39, 0.29) is 0 Å². The number of hydrogen-bond acceptors (Lipinski definition) is 2. The number of rotatable bonds is 5. The second-order valence-electron chi connectivity index (χ2n) is 6.77. The first-order valence-electron chi connectivity index (χ1n) is 8.23. The van der Waals surface area contributed by atoms with Gasteiger partial charge >= 0.3 is 0 Å². The monoisotopic (exact) mass is 308 g/mol. The van der Waals surface area contributed by atoms with Gasteiger partial charge in [-0.15, -0.1) is 0 Å². The van der Waals surface area contributed by atoms with Crippen LogP contribution in [0.25, 0.3) is 0 Å². The summed E-state index contributed by atoms with van der Waals surface area (Å²) in [4.78, 5) is 2.65. The Morgan fingerprint density at radius 2 is 1.90 bits per heavy atom. The van der Waals surface area contributed by atoms with E-state index in [1.807, 2.05) is 12.1 Å². The lowest BCUT2D eigenvalue weighted by atomic mass is 9.91. The van der Waals surface area contributed by atoms with Gasteiger partial charge in [-0.1, -0.05) is 57.8 Å². The van der Waals surface area contributed by atoms with E-state index in [4.69, 9.17) is 11.6 Å². The zero-order chi connectivity index (χ0) is 15.4. The fourth-order valence-corrected chi connectivity index (χ4v) is 3.31. The SMILES string of the molecule is CCC(C)C1CN(Cc2ccc(Cl)cc2)C(C(C)C)CN1. The van der Waals surface area contributed by atoms with Crippen molar-refractivity contribution < 1.29 is 0 Å². The van der Waals surface area contributed by atoms with Crippen LogP contribution in [0.15, 0.2) is 24.3 Å². The maximum absolute atomic E-state index is 5.99. The second-order valence-corrected chi connectivity index (χ2v) is 7.20. The van der Waals surface area contributed by atoms with Gasteiger partial charge in [0.15, 0.2) is 0 Å². The Kier molecular flexibility index (Phi) is 6.09. The smallest absolute Gasteiger partial charge is 0.0406 e. The largest absolute Gasteiger partial charge is 0.311 e. The number of nitrogens with one attached hydrogen (secondary N) is 1. The minimum absolute atomic E-state index is 0.609. The third-order valence-electron chi connectivity index (χ3n) is 4.89. The summed E-state index contributed by atoms with van der Waals surface area (Å²) in [6, 6.07) is 9.52. The van der Waals surface area contributed by atoms with Gasteiger partial charge in [-0.05, 0) is 29.5 Å². The summed E-state index contributed by atoms with van der Waals surface area (Å²) in [7, 11) is 0. The maximum atomic E-state index is 5.99. The lowest BCUT2D eigenvalue weighted by molar-refractivity contribution is 0.0753. The second kappa shape index (κ2) is 7.62. The molecule has 1 heterocycles. The highest BCUT2D eigenvalue weighted by molar-refractivity contribution is 6.30.